The van der Waals surface area contributed by atoms with Gasteiger partial charge < -0.3 is 15.0 Å². The van der Waals surface area contributed by atoms with Crippen LogP contribution in [0.15, 0.2) is 182 Å². The topological polar surface area (TPSA) is 38.7 Å². The molecule has 0 aliphatic heterocycles. The number of aromatic nitrogens is 3. The number of hydrogen-bond donors (Lipinski definition) is 0. The Bertz CT molecular complexity index is 3190. The van der Waals surface area contributed by atoms with Gasteiger partial charge in [-0.2, -0.15) is 0 Å². The zero-order chi connectivity index (χ0) is 49.8. The Morgan fingerprint density at radius 2 is 0.880 bits per heavy atom. The van der Waals surface area contributed by atoms with E-state index in [0.29, 0.717) is 35.5 Å². The zero-order valence-electron chi connectivity index (χ0n) is 42.2. The van der Waals surface area contributed by atoms with Gasteiger partial charge in [0.05, 0.1) is 0 Å². The van der Waals surface area contributed by atoms with Crippen molar-refractivity contribution in [2.75, 3.05) is 0 Å². The van der Waals surface area contributed by atoms with Crippen LogP contribution in [0.1, 0.15) is 146 Å². The van der Waals surface area contributed by atoms with Crippen LogP contribution in [0.4, 0.5) is 8.78 Å². The van der Waals surface area contributed by atoms with Crippen molar-refractivity contribution in [1.29, 1.82) is 0 Å². The molecule has 3 aliphatic carbocycles. The predicted octanol–water partition coefficient (Wildman–Crippen LogP) is 18.2. The fourth-order valence-corrected chi connectivity index (χ4v) is 13.0. The van der Waals surface area contributed by atoms with E-state index < -0.39 is 0 Å². The minimum Gasteiger partial charge on any atom is -0.304 e. The first-order valence-corrected chi connectivity index (χ1v) is 27.0. The van der Waals surface area contributed by atoms with Gasteiger partial charge in [0.1, 0.15) is 0 Å². The second-order valence-corrected chi connectivity index (χ2v) is 21.1. The van der Waals surface area contributed by atoms with Gasteiger partial charge in [0.25, 0.3) is 0 Å². The molecule has 0 spiro atoms. The molecule has 75 heavy (non-hydrogen) atoms. The van der Waals surface area contributed by atoms with Gasteiger partial charge in [0.15, 0.2) is 0 Å². The Balaban J connectivity index is 0.00000602. The summed E-state index contributed by atoms with van der Waals surface area (Å²) in [4.78, 5) is 15.1. The SMILES string of the molecule is Fc1c[c-]c(-c2ccc(C3CCCCC3c3cc(-c4ccccc4-c4cnc(-c5[c-]cccc5)cc4C4CCC(c5ccccc5)CC4)cc(C4CCCCC4c4ccc(-c5[c-]cc(F)cc5)nc4)c3)cn2)cc1.[Ir+3]. The van der Waals surface area contributed by atoms with E-state index in [4.69, 9.17) is 15.0 Å². The van der Waals surface area contributed by atoms with Gasteiger partial charge in [-0.1, -0.05) is 129 Å². The van der Waals surface area contributed by atoms with Crippen LogP contribution in [0.3, 0.4) is 0 Å². The van der Waals surface area contributed by atoms with Crippen LogP contribution in [0.5, 0.6) is 0 Å². The number of halogens is 2. The molecular weight excluding hydrogens is 1100 g/mol. The molecule has 12 rings (SSSR count). The van der Waals surface area contributed by atoms with Crippen LogP contribution >= 0.6 is 0 Å². The third kappa shape index (κ3) is 11.0. The molecule has 374 valence electrons. The monoisotopic (exact) mass is 1160 g/mol. The van der Waals surface area contributed by atoms with Crippen molar-refractivity contribution in [3.8, 4) is 56.0 Å². The standard InChI is InChI=1S/C69H60F2N3.Ir/c70-57-33-27-50(28-34-57)67-37-31-52(43-72-67)59-17-7-9-19-61(59)54-39-55(62-20-10-8-18-60(62)53-32-38-68(73-44-53)51-29-35-58(71)36-30-51)41-56(40-54)63-21-11-12-22-64(63)66-45-74-69(49-15-5-2-6-16-49)42-65(66)48-25-23-47(24-26-48)46-13-3-1-4-14-46;/h1-6,11-15,21-22,27,29,31-45,47-48,59-62H,7-10,17-20,23-26H2;/q-3;+3. The molecule has 0 saturated heterocycles. The molecule has 0 N–H and O–H groups in total. The minimum absolute atomic E-state index is 0. The van der Waals surface area contributed by atoms with Crippen molar-refractivity contribution in [1.82, 2.24) is 15.0 Å². The van der Waals surface area contributed by atoms with Gasteiger partial charge in [-0.25, -0.2) is 0 Å². The number of pyridine rings is 3. The van der Waals surface area contributed by atoms with E-state index in [-0.39, 0.29) is 31.7 Å². The molecule has 9 aromatic rings. The fraction of sp³-hybridized carbons (Fsp3) is 0.261. The third-order valence-corrected chi connectivity index (χ3v) is 16.8. The van der Waals surface area contributed by atoms with Gasteiger partial charge in [0, 0.05) is 35.8 Å². The summed E-state index contributed by atoms with van der Waals surface area (Å²) in [5.74, 6) is 1.57. The molecule has 0 bridgehead atoms. The summed E-state index contributed by atoms with van der Waals surface area (Å²) >= 11 is 0. The van der Waals surface area contributed by atoms with E-state index in [9.17, 15) is 8.78 Å². The van der Waals surface area contributed by atoms with E-state index >= 15 is 0 Å². The fourth-order valence-electron chi connectivity index (χ4n) is 13.0. The average Bonchev–Trinajstić information content (AvgIpc) is 3.48. The molecular formula is C69H60F2IrN3. The molecule has 4 atom stereocenters. The summed E-state index contributed by atoms with van der Waals surface area (Å²) in [6.45, 7) is 0. The largest absolute Gasteiger partial charge is 3.00 e. The van der Waals surface area contributed by atoms with E-state index in [1.165, 1.54) is 106 Å². The van der Waals surface area contributed by atoms with Gasteiger partial charge >= 0.3 is 20.1 Å². The van der Waals surface area contributed by atoms with Crippen molar-refractivity contribution in [2.24, 2.45) is 0 Å². The van der Waals surface area contributed by atoms with E-state index in [1.54, 1.807) is 12.1 Å². The summed E-state index contributed by atoms with van der Waals surface area (Å²) in [6.07, 6.45) is 19.9. The van der Waals surface area contributed by atoms with Crippen LogP contribution in [-0.2, 0) is 20.1 Å². The maximum Gasteiger partial charge on any atom is 3.00 e. The van der Waals surface area contributed by atoms with Crippen molar-refractivity contribution < 1.29 is 28.9 Å². The Morgan fingerprint density at radius 3 is 1.40 bits per heavy atom. The summed E-state index contributed by atoms with van der Waals surface area (Å²) < 4.78 is 27.7. The Kier molecular flexibility index (Phi) is 15.5. The van der Waals surface area contributed by atoms with Crippen LogP contribution in [0, 0.1) is 29.8 Å². The Morgan fingerprint density at radius 1 is 0.373 bits per heavy atom. The van der Waals surface area contributed by atoms with Crippen molar-refractivity contribution in [2.45, 2.75) is 113 Å². The van der Waals surface area contributed by atoms with Gasteiger partial charge in [-0.15, -0.1) is 95.6 Å². The maximum atomic E-state index is 13.9. The Labute approximate surface area is 455 Å². The molecule has 3 heterocycles. The van der Waals surface area contributed by atoms with E-state index in [2.05, 4.69) is 152 Å². The second kappa shape index (κ2) is 23.0. The smallest absolute Gasteiger partial charge is 0.304 e. The van der Waals surface area contributed by atoms with E-state index in [1.807, 2.05) is 12.1 Å². The summed E-state index contributed by atoms with van der Waals surface area (Å²) in [5.41, 5.74) is 18.2. The second-order valence-electron chi connectivity index (χ2n) is 21.1. The van der Waals surface area contributed by atoms with E-state index in [0.717, 1.165) is 85.1 Å². The molecule has 3 aliphatic rings. The molecule has 3 nitrogen and oxygen atoms in total. The molecule has 0 radical (unpaired) electrons. The van der Waals surface area contributed by atoms with Gasteiger partial charge in [-0.3, -0.25) is 8.78 Å². The number of hydrogen-bond acceptors (Lipinski definition) is 3. The van der Waals surface area contributed by atoms with Crippen molar-refractivity contribution in [3.63, 3.8) is 0 Å². The summed E-state index contributed by atoms with van der Waals surface area (Å²) in [7, 11) is 0. The molecule has 3 fully saturated rings. The average molecular weight is 1160 g/mol. The van der Waals surface area contributed by atoms with Gasteiger partial charge in [-0.05, 0) is 154 Å². The molecule has 3 saturated carbocycles. The van der Waals surface area contributed by atoms with Crippen LogP contribution in [-0.4, -0.2) is 15.0 Å². The minimum atomic E-state index is -0.298. The first kappa shape index (κ1) is 50.4. The van der Waals surface area contributed by atoms with Crippen molar-refractivity contribution >= 4 is 0 Å². The van der Waals surface area contributed by atoms with Crippen LogP contribution in [0.2, 0.25) is 0 Å². The number of benzene rings is 6. The summed E-state index contributed by atoms with van der Waals surface area (Å²) in [6, 6.07) is 65.9. The van der Waals surface area contributed by atoms with Crippen LogP contribution in [0.25, 0.3) is 56.0 Å². The molecule has 4 unspecified atom stereocenters. The summed E-state index contributed by atoms with van der Waals surface area (Å²) in [5, 5.41) is 0. The number of nitrogens with zero attached hydrogens (tertiary/aromatic N) is 3. The molecule has 6 heteroatoms. The predicted molar refractivity (Wildman–Crippen MR) is 295 cm³/mol. The van der Waals surface area contributed by atoms with Crippen LogP contribution < -0.4 is 0 Å². The molecule has 0 amide bonds. The molecule has 6 aromatic carbocycles. The number of rotatable bonds is 11. The first-order chi connectivity index (χ1) is 36.5. The first-order valence-electron chi connectivity index (χ1n) is 27.0. The zero-order valence-corrected chi connectivity index (χ0v) is 44.6. The molecule has 3 aromatic heterocycles. The van der Waals surface area contributed by atoms with Crippen molar-refractivity contribution in [3.05, 3.63) is 246 Å². The maximum absolute atomic E-state index is 13.9. The normalized spacial score (nSPS) is 20.7. The Hall–Kier alpha value is -6.72. The third-order valence-electron chi connectivity index (χ3n) is 16.8. The quantitative estimate of drug-likeness (QED) is 0.121. The van der Waals surface area contributed by atoms with Gasteiger partial charge in [0.2, 0.25) is 0 Å².